The molecule has 2 rings (SSSR count). The average Bonchev–Trinajstić information content (AvgIpc) is 2.38. The molecule has 18 heavy (non-hydrogen) atoms. The second-order valence-electron chi connectivity index (χ2n) is 4.24. The molecule has 0 amide bonds. The molecule has 98 valence electrons. The lowest BCUT2D eigenvalue weighted by molar-refractivity contribution is -0.385. The van der Waals surface area contributed by atoms with E-state index in [1.165, 1.54) is 12.1 Å². The zero-order valence-electron chi connectivity index (χ0n) is 9.80. The molecule has 1 fully saturated rings. The van der Waals surface area contributed by atoms with Crippen molar-refractivity contribution in [3.8, 4) is 5.75 Å². The summed E-state index contributed by atoms with van der Waals surface area (Å²) in [5, 5.41) is 10.7. The highest BCUT2D eigenvalue weighted by Gasteiger charge is 2.16. The van der Waals surface area contributed by atoms with Gasteiger partial charge in [-0.15, -0.1) is 0 Å². The van der Waals surface area contributed by atoms with Gasteiger partial charge in [-0.25, -0.2) is 0 Å². The van der Waals surface area contributed by atoms with Crippen molar-refractivity contribution in [1.82, 2.24) is 0 Å². The molecule has 1 aromatic carbocycles. The SMILES string of the molecule is O=[N+]([O-])c1ccc(Br)c(OCC2CCOCC2)c1. The molecule has 0 unspecified atom stereocenters. The van der Waals surface area contributed by atoms with Crippen LogP contribution in [-0.2, 0) is 4.74 Å². The maximum Gasteiger partial charge on any atom is 0.273 e. The smallest absolute Gasteiger partial charge is 0.273 e. The van der Waals surface area contributed by atoms with Crippen LogP contribution in [-0.4, -0.2) is 24.7 Å². The monoisotopic (exact) mass is 315 g/mol. The number of nitro benzene ring substituents is 1. The van der Waals surface area contributed by atoms with Crippen LogP contribution >= 0.6 is 15.9 Å². The van der Waals surface area contributed by atoms with Crippen LogP contribution in [0.3, 0.4) is 0 Å². The van der Waals surface area contributed by atoms with E-state index in [1.807, 2.05) is 0 Å². The first kappa shape index (κ1) is 13.3. The predicted molar refractivity (Wildman–Crippen MR) is 69.8 cm³/mol. The minimum absolute atomic E-state index is 0.0418. The molecule has 6 heteroatoms. The molecule has 0 radical (unpaired) electrons. The summed E-state index contributed by atoms with van der Waals surface area (Å²) in [5.41, 5.74) is 0.0418. The second kappa shape index (κ2) is 6.15. The van der Waals surface area contributed by atoms with Crippen LogP contribution in [0.5, 0.6) is 5.75 Å². The molecule has 5 nitrogen and oxygen atoms in total. The second-order valence-corrected chi connectivity index (χ2v) is 5.09. The van der Waals surface area contributed by atoms with E-state index in [-0.39, 0.29) is 5.69 Å². The van der Waals surface area contributed by atoms with Crippen molar-refractivity contribution in [2.75, 3.05) is 19.8 Å². The van der Waals surface area contributed by atoms with E-state index in [1.54, 1.807) is 6.07 Å². The fourth-order valence-corrected chi connectivity index (χ4v) is 2.20. The molecule has 0 aromatic heterocycles. The summed E-state index contributed by atoms with van der Waals surface area (Å²) in [6.45, 7) is 2.11. The standard InChI is InChI=1S/C12H14BrNO4/c13-11-2-1-10(14(15)16)7-12(11)18-8-9-3-5-17-6-4-9/h1-2,7,9H,3-6,8H2. The van der Waals surface area contributed by atoms with Gasteiger partial charge >= 0.3 is 0 Å². The van der Waals surface area contributed by atoms with Gasteiger partial charge in [0.05, 0.1) is 22.1 Å². The van der Waals surface area contributed by atoms with Crippen LogP contribution in [0.4, 0.5) is 5.69 Å². The van der Waals surface area contributed by atoms with Gasteiger partial charge in [-0.3, -0.25) is 10.1 Å². The Morgan fingerprint density at radius 1 is 1.44 bits per heavy atom. The van der Waals surface area contributed by atoms with Gasteiger partial charge in [0.25, 0.3) is 5.69 Å². The lowest BCUT2D eigenvalue weighted by atomic mass is 10.0. The summed E-state index contributed by atoms with van der Waals surface area (Å²) in [7, 11) is 0. The Bertz CT molecular complexity index is 432. The molecule has 1 aromatic rings. The number of halogens is 1. The van der Waals surface area contributed by atoms with Gasteiger partial charge in [0, 0.05) is 19.3 Å². The van der Waals surface area contributed by atoms with Crippen LogP contribution in [0.1, 0.15) is 12.8 Å². The van der Waals surface area contributed by atoms with E-state index in [2.05, 4.69) is 15.9 Å². The van der Waals surface area contributed by atoms with Crippen molar-refractivity contribution in [3.05, 3.63) is 32.8 Å². The first-order chi connectivity index (χ1) is 8.66. The summed E-state index contributed by atoms with van der Waals surface area (Å²) in [5.74, 6) is 0.987. The third-order valence-electron chi connectivity index (χ3n) is 2.94. The van der Waals surface area contributed by atoms with E-state index in [0.29, 0.717) is 18.3 Å². The summed E-state index contributed by atoms with van der Waals surface area (Å²) in [4.78, 5) is 10.3. The van der Waals surface area contributed by atoms with Crippen LogP contribution < -0.4 is 4.74 Å². The Hall–Kier alpha value is -1.14. The summed E-state index contributed by atoms with van der Waals surface area (Å²) < 4.78 is 11.7. The van der Waals surface area contributed by atoms with Crippen LogP contribution in [0, 0.1) is 16.0 Å². The molecule has 1 saturated heterocycles. The minimum atomic E-state index is -0.423. The van der Waals surface area contributed by atoms with E-state index >= 15 is 0 Å². The van der Waals surface area contributed by atoms with Gasteiger partial charge in [-0.1, -0.05) is 0 Å². The highest BCUT2D eigenvalue weighted by atomic mass is 79.9. The number of hydrogen-bond acceptors (Lipinski definition) is 4. The molecule has 0 bridgehead atoms. The van der Waals surface area contributed by atoms with Crippen LogP contribution in [0.2, 0.25) is 0 Å². The fraction of sp³-hybridized carbons (Fsp3) is 0.500. The summed E-state index contributed by atoms with van der Waals surface area (Å²) in [6, 6.07) is 4.53. The lowest BCUT2D eigenvalue weighted by Gasteiger charge is -2.22. The molecule has 0 saturated carbocycles. The molecule has 0 N–H and O–H groups in total. The fourth-order valence-electron chi connectivity index (χ4n) is 1.84. The van der Waals surface area contributed by atoms with Crippen molar-refractivity contribution < 1.29 is 14.4 Å². The molecule has 1 aliphatic rings. The number of nitrogens with zero attached hydrogens (tertiary/aromatic N) is 1. The zero-order valence-corrected chi connectivity index (χ0v) is 11.4. The lowest BCUT2D eigenvalue weighted by Crippen LogP contribution is -2.21. The third kappa shape index (κ3) is 3.43. The Balaban J connectivity index is 1.99. The average molecular weight is 316 g/mol. The number of non-ortho nitro benzene ring substituents is 1. The highest BCUT2D eigenvalue weighted by Crippen LogP contribution is 2.30. The third-order valence-corrected chi connectivity index (χ3v) is 3.60. The molecule has 0 spiro atoms. The van der Waals surface area contributed by atoms with E-state index in [0.717, 1.165) is 30.5 Å². The predicted octanol–water partition coefficient (Wildman–Crippen LogP) is 3.16. The molecule has 0 aliphatic carbocycles. The minimum Gasteiger partial charge on any atom is -0.492 e. The highest BCUT2D eigenvalue weighted by molar-refractivity contribution is 9.10. The molecule has 1 aliphatic heterocycles. The van der Waals surface area contributed by atoms with Crippen molar-refractivity contribution in [2.45, 2.75) is 12.8 Å². The molecular weight excluding hydrogens is 302 g/mol. The first-order valence-corrected chi connectivity index (χ1v) is 6.60. The van der Waals surface area contributed by atoms with Gasteiger partial charge in [0.15, 0.2) is 0 Å². The van der Waals surface area contributed by atoms with E-state index in [9.17, 15) is 10.1 Å². The number of benzene rings is 1. The summed E-state index contributed by atoms with van der Waals surface area (Å²) in [6.07, 6.45) is 1.96. The Morgan fingerprint density at radius 3 is 2.83 bits per heavy atom. The number of rotatable bonds is 4. The van der Waals surface area contributed by atoms with Crippen molar-refractivity contribution in [3.63, 3.8) is 0 Å². The number of hydrogen-bond donors (Lipinski definition) is 0. The van der Waals surface area contributed by atoms with Crippen molar-refractivity contribution >= 4 is 21.6 Å². The van der Waals surface area contributed by atoms with E-state index in [4.69, 9.17) is 9.47 Å². The van der Waals surface area contributed by atoms with Gasteiger partial charge in [-0.2, -0.15) is 0 Å². The van der Waals surface area contributed by atoms with Gasteiger partial charge < -0.3 is 9.47 Å². The number of nitro groups is 1. The van der Waals surface area contributed by atoms with Crippen molar-refractivity contribution in [1.29, 1.82) is 0 Å². The molecule has 0 atom stereocenters. The zero-order chi connectivity index (χ0) is 13.0. The first-order valence-electron chi connectivity index (χ1n) is 5.81. The van der Waals surface area contributed by atoms with Crippen LogP contribution in [0.25, 0.3) is 0 Å². The summed E-state index contributed by atoms with van der Waals surface area (Å²) >= 11 is 3.33. The molecule has 1 heterocycles. The Labute approximate surface area is 113 Å². The quantitative estimate of drug-likeness (QED) is 0.632. The maximum atomic E-state index is 10.7. The topological polar surface area (TPSA) is 61.6 Å². The Kier molecular flexibility index (Phi) is 4.54. The number of ether oxygens (including phenoxy) is 2. The molecular formula is C12H14BrNO4. The van der Waals surface area contributed by atoms with Gasteiger partial charge in [0.1, 0.15) is 5.75 Å². The van der Waals surface area contributed by atoms with E-state index < -0.39 is 4.92 Å². The Morgan fingerprint density at radius 2 is 2.17 bits per heavy atom. The maximum absolute atomic E-state index is 10.7. The van der Waals surface area contributed by atoms with Gasteiger partial charge in [0.2, 0.25) is 0 Å². The normalized spacial score (nSPS) is 16.5. The van der Waals surface area contributed by atoms with Crippen LogP contribution in [0.15, 0.2) is 22.7 Å². The van der Waals surface area contributed by atoms with Crippen molar-refractivity contribution in [2.24, 2.45) is 5.92 Å². The van der Waals surface area contributed by atoms with Gasteiger partial charge in [-0.05, 0) is 40.8 Å². The largest absolute Gasteiger partial charge is 0.492 e.